The van der Waals surface area contributed by atoms with Crippen molar-refractivity contribution in [1.82, 2.24) is 0 Å². The predicted octanol–water partition coefficient (Wildman–Crippen LogP) is 3.99. The molecule has 0 saturated carbocycles. The minimum absolute atomic E-state index is 0.275. The van der Waals surface area contributed by atoms with Gasteiger partial charge in [-0.2, -0.15) is 0 Å². The summed E-state index contributed by atoms with van der Waals surface area (Å²) in [5.74, 6) is -1.91. The standard InChI is InChI=1S/C14H9BrF2O2/c15-10-3-1-2-9(6-10)13(18)8-19-14-7-11(16)4-5-12(14)17/h1-7H,8H2. The molecule has 0 radical (unpaired) electrons. The Morgan fingerprint density at radius 2 is 1.95 bits per heavy atom. The molecule has 2 aromatic carbocycles. The Morgan fingerprint density at radius 3 is 2.68 bits per heavy atom. The van der Waals surface area contributed by atoms with E-state index in [1.54, 1.807) is 24.3 Å². The van der Waals surface area contributed by atoms with Crippen molar-refractivity contribution in [2.75, 3.05) is 6.61 Å². The number of halogens is 3. The zero-order valence-corrected chi connectivity index (χ0v) is 11.3. The monoisotopic (exact) mass is 326 g/mol. The molecule has 0 aliphatic heterocycles. The van der Waals surface area contributed by atoms with Crippen molar-refractivity contribution in [2.45, 2.75) is 0 Å². The van der Waals surface area contributed by atoms with Crippen LogP contribution in [0.25, 0.3) is 0 Å². The van der Waals surface area contributed by atoms with Crippen LogP contribution in [0.5, 0.6) is 5.75 Å². The van der Waals surface area contributed by atoms with Gasteiger partial charge in [0.1, 0.15) is 5.82 Å². The second kappa shape index (κ2) is 5.93. The van der Waals surface area contributed by atoms with Crippen LogP contribution < -0.4 is 4.74 Å². The predicted molar refractivity (Wildman–Crippen MR) is 70.3 cm³/mol. The van der Waals surface area contributed by atoms with Crippen LogP contribution in [0.3, 0.4) is 0 Å². The Labute approximate surface area is 117 Å². The number of ether oxygens (including phenoxy) is 1. The zero-order valence-electron chi connectivity index (χ0n) is 9.70. The van der Waals surface area contributed by atoms with Crippen LogP contribution in [0.4, 0.5) is 8.78 Å². The van der Waals surface area contributed by atoms with Gasteiger partial charge in [-0.25, -0.2) is 8.78 Å². The molecule has 0 spiro atoms. The van der Waals surface area contributed by atoms with Gasteiger partial charge in [-0.05, 0) is 24.3 Å². The normalized spacial score (nSPS) is 10.3. The molecule has 0 fully saturated rings. The van der Waals surface area contributed by atoms with Crippen molar-refractivity contribution in [1.29, 1.82) is 0 Å². The van der Waals surface area contributed by atoms with Crippen molar-refractivity contribution in [3.05, 3.63) is 64.1 Å². The summed E-state index contributed by atoms with van der Waals surface area (Å²) in [6, 6.07) is 9.59. The molecule has 0 N–H and O–H groups in total. The van der Waals surface area contributed by atoms with E-state index in [1.165, 1.54) is 0 Å². The van der Waals surface area contributed by atoms with Gasteiger partial charge in [0.15, 0.2) is 24.0 Å². The summed E-state index contributed by atoms with van der Waals surface area (Å²) in [5, 5.41) is 0. The third-order valence-electron chi connectivity index (χ3n) is 2.40. The van der Waals surface area contributed by atoms with E-state index < -0.39 is 11.6 Å². The summed E-state index contributed by atoms with van der Waals surface area (Å²) in [6.07, 6.45) is 0. The van der Waals surface area contributed by atoms with Gasteiger partial charge in [-0.1, -0.05) is 28.1 Å². The molecule has 0 aliphatic carbocycles. The maximum Gasteiger partial charge on any atom is 0.200 e. The van der Waals surface area contributed by atoms with E-state index in [9.17, 15) is 13.6 Å². The van der Waals surface area contributed by atoms with E-state index in [0.29, 0.717) is 5.56 Å². The number of carbonyl (C=O) groups excluding carboxylic acids is 1. The average Bonchev–Trinajstić information content (AvgIpc) is 2.39. The fraction of sp³-hybridized carbons (Fsp3) is 0.0714. The Morgan fingerprint density at radius 1 is 1.16 bits per heavy atom. The lowest BCUT2D eigenvalue weighted by atomic mass is 10.1. The summed E-state index contributed by atoms with van der Waals surface area (Å²) >= 11 is 3.24. The van der Waals surface area contributed by atoms with Crippen molar-refractivity contribution in [3.8, 4) is 5.75 Å². The Kier molecular flexibility index (Phi) is 4.27. The van der Waals surface area contributed by atoms with E-state index in [4.69, 9.17) is 4.74 Å². The molecule has 0 amide bonds. The van der Waals surface area contributed by atoms with Crippen molar-refractivity contribution in [3.63, 3.8) is 0 Å². The molecule has 0 aliphatic rings. The topological polar surface area (TPSA) is 26.3 Å². The molecule has 2 rings (SSSR count). The maximum atomic E-state index is 13.3. The maximum absolute atomic E-state index is 13.3. The van der Waals surface area contributed by atoms with E-state index in [2.05, 4.69) is 15.9 Å². The summed E-state index contributed by atoms with van der Waals surface area (Å²) in [4.78, 5) is 11.8. The quantitative estimate of drug-likeness (QED) is 0.794. The molecule has 98 valence electrons. The average molecular weight is 327 g/mol. The highest BCUT2D eigenvalue weighted by molar-refractivity contribution is 9.10. The molecule has 0 bridgehead atoms. The Hall–Kier alpha value is -1.75. The lowest BCUT2D eigenvalue weighted by Crippen LogP contribution is -2.12. The van der Waals surface area contributed by atoms with Crippen molar-refractivity contribution >= 4 is 21.7 Å². The Bertz CT molecular complexity index is 614. The van der Waals surface area contributed by atoms with Crippen LogP contribution in [0.1, 0.15) is 10.4 Å². The second-order valence-electron chi connectivity index (χ2n) is 3.80. The summed E-state index contributed by atoms with van der Waals surface area (Å²) in [6.45, 7) is -0.350. The number of hydrogen-bond donors (Lipinski definition) is 0. The van der Waals surface area contributed by atoms with Crippen molar-refractivity contribution < 1.29 is 18.3 Å². The number of carbonyl (C=O) groups is 1. The first-order valence-electron chi connectivity index (χ1n) is 5.43. The fourth-order valence-corrected chi connectivity index (χ4v) is 1.88. The van der Waals surface area contributed by atoms with E-state index in [1.807, 2.05) is 0 Å². The highest BCUT2D eigenvalue weighted by Gasteiger charge is 2.10. The molecule has 0 heterocycles. The fourth-order valence-electron chi connectivity index (χ4n) is 1.48. The molecular formula is C14H9BrF2O2. The smallest absolute Gasteiger partial charge is 0.200 e. The summed E-state index contributed by atoms with van der Waals surface area (Å²) in [5.41, 5.74) is 0.436. The largest absolute Gasteiger partial charge is 0.482 e. The van der Waals surface area contributed by atoms with Gasteiger partial charge in [0.25, 0.3) is 0 Å². The highest BCUT2D eigenvalue weighted by Crippen LogP contribution is 2.18. The first kappa shape index (κ1) is 13.7. The first-order chi connectivity index (χ1) is 9.06. The molecule has 2 nitrogen and oxygen atoms in total. The lowest BCUT2D eigenvalue weighted by Gasteiger charge is -2.07. The van der Waals surface area contributed by atoms with Crippen LogP contribution in [0, 0.1) is 11.6 Å². The molecule has 0 aromatic heterocycles. The van der Waals surface area contributed by atoms with E-state index in [-0.39, 0.29) is 18.1 Å². The minimum atomic E-state index is -0.705. The molecule has 5 heteroatoms. The van der Waals surface area contributed by atoms with Crippen LogP contribution in [0.2, 0.25) is 0 Å². The zero-order chi connectivity index (χ0) is 13.8. The number of benzene rings is 2. The van der Waals surface area contributed by atoms with Gasteiger partial charge in [0.05, 0.1) is 0 Å². The first-order valence-corrected chi connectivity index (χ1v) is 6.22. The van der Waals surface area contributed by atoms with Gasteiger partial charge in [-0.15, -0.1) is 0 Å². The molecule has 19 heavy (non-hydrogen) atoms. The third-order valence-corrected chi connectivity index (χ3v) is 2.89. The highest BCUT2D eigenvalue weighted by atomic mass is 79.9. The van der Waals surface area contributed by atoms with Gasteiger partial charge in [0, 0.05) is 16.1 Å². The molecular weight excluding hydrogens is 318 g/mol. The van der Waals surface area contributed by atoms with Crippen LogP contribution in [-0.4, -0.2) is 12.4 Å². The third kappa shape index (κ3) is 3.61. The number of hydrogen-bond acceptors (Lipinski definition) is 2. The minimum Gasteiger partial charge on any atom is -0.482 e. The number of Topliss-reactive ketones (excluding diaryl/α,β-unsaturated/α-hetero) is 1. The molecule has 2 aromatic rings. The van der Waals surface area contributed by atoms with E-state index >= 15 is 0 Å². The number of ketones is 1. The molecule has 0 unspecified atom stereocenters. The van der Waals surface area contributed by atoms with Gasteiger partial charge >= 0.3 is 0 Å². The van der Waals surface area contributed by atoms with Crippen LogP contribution in [0.15, 0.2) is 46.9 Å². The lowest BCUT2D eigenvalue weighted by molar-refractivity contribution is 0.0918. The molecule has 0 saturated heterocycles. The summed E-state index contributed by atoms with van der Waals surface area (Å²) in [7, 11) is 0. The van der Waals surface area contributed by atoms with Gasteiger partial charge in [0.2, 0.25) is 0 Å². The van der Waals surface area contributed by atoms with Gasteiger partial charge < -0.3 is 4.74 Å². The van der Waals surface area contributed by atoms with Crippen molar-refractivity contribution in [2.24, 2.45) is 0 Å². The SMILES string of the molecule is O=C(COc1cc(F)ccc1F)c1cccc(Br)c1. The van der Waals surface area contributed by atoms with Crippen LogP contribution in [-0.2, 0) is 0 Å². The Balaban J connectivity index is 2.06. The summed E-state index contributed by atoms with van der Waals surface area (Å²) < 4.78 is 31.9. The van der Waals surface area contributed by atoms with Gasteiger partial charge in [-0.3, -0.25) is 4.79 Å². The molecule has 0 atom stereocenters. The van der Waals surface area contributed by atoms with Crippen LogP contribution >= 0.6 is 15.9 Å². The number of rotatable bonds is 4. The second-order valence-corrected chi connectivity index (χ2v) is 4.71. The van der Waals surface area contributed by atoms with E-state index in [0.717, 1.165) is 22.7 Å².